The summed E-state index contributed by atoms with van der Waals surface area (Å²) in [7, 11) is 0. The number of nitriles is 1. The fourth-order valence-electron chi connectivity index (χ4n) is 2.76. The molecule has 0 saturated carbocycles. The summed E-state index contributed by atoms with van der Waals surface area (Å²) in [4.78, 5) is 10.5. The molecular weight excluding hydrogens is 268 g/mol. The normalized spacial score (nSPS) is 19.4. The van der Waals surface area contributed by atoms with Crippen molar-refractivity contribution in [3.05, 3.63) is 42.2 Å². The van der Waals surface area contributed by atoms with Crippen molar-refractivity contribution < 1.29 is 9.52 Å². The molecule has 0 aromatic carbocycles. The Labute approximate surface area is 122 Å². The number of anilines is 1. The van der Waals surface area contributed by atoms with E-state index in [1.807, 2.05) is 6.07 Å². The minimum Gasteiger partial charge on any atom is -0.467 e. The molecule has 1 fully saturated rings. The van der Waals surface area contributed by atoms with Gasteiger partial charge in [-0.15, -0.1) is 0 Å². The van der Waals surface area contributed by atoms with E-state index < -0.39 is 6.10 Å². The van der Waals surface area contributed by atoms with Crippen molar-refractivity contribution in [3.63, 3.8) is 0 Å². The fraction of sp³-hybridized carbons (Fsp3) is 0.400. The largest absolute Gasteiger partial charge is 0.467 e. The Bertz CT molecular complexity index is 618. The Hall–Kier alpha value is -2.39. The van der Waals surface area contributed by atoms with E-state index in [4.69, 9.17) is 9.68 Å². The zero-order valence-electron chi connectivity index (χ0n) is 11.5. The summed E-state index contributed by atoms with van der Waals surface area (Å²) in [6.45, 7) is 0.885. The second kappa shape index (κ2) is 5.94. The number of nitrogens with zero attached hydrogens (tertiary/aromatic N) is 4. The van der Waals surface area contributed by atoms with Crippen molar-refractivity contribution >= 4 is 5.82 Å². The second-order valence-corrected chi connectivity index (χ2v) is 5.13. The zero-order chi connectivity index (χ0) is 14.7. The maximum atomic E-state index is 10.2. The number of aliphatic hydroxyl groups excluding tert-OH is 1. The van der Waals surface area contributed by atoms with Crippen LogP contribution in [0.2, 0.25) is 0 Å². The molecule has 0 aliphatic carbocycles. The summed E-state index contributed by atoms with van der Waals surface area (Å²) >= 11 is 0. The van der Waals surface area contributed by atoms with E-state index in [2.05, 4.69) is 14.9 Å². The van der Waals surface area contributed by atoms with E-state index in [9.17, 15) is 5.11 Å². The molecule has 1 N–H and O–H groups in total. The molecule has 0 spiro atoms. The maximum Gasteiger partial charge on any atom is 0.158 e. The van der Waals surface area contributed by atoms with Crippen LogP contribution in [0.4, 0.5) is 5.82 Å². The molecule has 21 heavy (non-hydrogen) atoms. The van der Waals surface area contributed by atoms with Gasteiger partial charge in [0.15, 0.2) is 5.69 Å². The van der Waals surface area contributed by atoms with Crippen LogP contribution in [0.1, 0.15) is 36.8 Å². The number of aliphatic hydroxyl groups is 1. The quantitative estimate of drug-likeness (QED) is 0.924. The van der Waals surface area contributed by atoms with Gasteiger partial charge in [-0.1, -0.05) is 0 Å². The van der Waals surface area contributed by atoms with Crippen LogP contribution in [0.3, 0.4) is 0 Å². The number of furan rings is 1. The fourth-order valence-corrected chi connectivity index (χ4v) is 2.76. The minimum absolute atomic E-state index is 0.201. The van der Waals surface area contributed by atoms with Crippen molar-refractivity contribution in [1.29, 1.82) is 5.26 Å². The lowest BCUT2D eigenvalue weighted by Gasteiger charge is -2.26. The summed E-state index contributed by atoms with van der Waals surface area (Å²) in [6.07, 6.45) is 6.70. The van der Waals surface area contributed by atoms with Gasteiger partial charge in [0.05, 0.1) is 18.7 Å². The topological polar surface area (TPSA) is 86.2 Å². The van der Waals surface area contributed by atoms with Crippen molar-refractivity contribution in [2.45, 2.75) is 31.4 Å². The summed E-state index contributed by atoms with van der Waals surface area (Å²) in [5.41, 5.74) is 0.310. The summed E-state index contributed by atoms with van der Waals surface area (Å²) in [5, 5.41) is 19.0. The average molecular weight is 284 g/mol. The third-order valence-electron chi connectivity index (χ3n) is 3.79. The molecule has 3 rings (SSSR count). The first-order valence-corrected chi connectivity index (χ1v) is 6.98. The summed E-state index contributed by atoms with van der Waals surface area (Å²) < 4.78 is 5.24. The van der Waals surface area contributed by atoms with Crippen LogP contribution < -0.4 is 4.90 Å². The molecule has 1 saturated heterocycles. The summed E-state index contributed by atoms with van der Waals surface area (Å²) in [5.74, 6) is 1.34. The molecule has 2 unspecified atom stereocenters. The zero-order valence-corrected chi connectivity index (χ0v) is 11.5. The van der Waals surface area contributed by atoms with E-state index in [0.717, 1.165) is 25.2 Å². The SMILES string of the molecule is N#Cc1cnc(N2CCCC2CC(O)c2ccco2)cn1. The lowest BCUT2D eigenvalue weighted by atomic mass is 10.1. The lowest BCUT2D eigenvalue weighted by Crippen LogP contribution is -2.31. The maximum absolute atomic E-state index is 10.2. The van der Waals surface area contributed by atoms with Crippen molar-refractivity contribution in [3.8, 4) is 6.07 Å². The highest BCUT2D eigenvalue weighted by molar-refractivity contribution is 5.40. The van der Waals surface area contributed by atoms with Gasteiger partial charge in [-0.2, -0.15) is 5.26 Å². The van der Waals surface area contributed by atoms with Gasteiger partial charge in [0.2, 0.25) is 0 Å². The van der Waals surface area contributed by atoms with Crippen LogP contribution in [-0.2, 0) is 0 Å². The minimum atomic E-state index is -0.614. The molecule has 0 bridgehead atoms. The van der Waals surface area contributed by atoms with Gasteiger partial charge >= 0.3 is 0 Å². The number of hydrogen-bond acceptors (Lipinski definition) is 6. The van der Waals surface area contributed by atoms with Crippen molar-refractivity contribution in [2.24, 2.45) is 0 Å². The Balaban J connectivity index is 1.71. The highest BCUT2D eigenvalue weighted by atomic mass is 16.4. The molecule has 1 aliphatic heterocycles. The van der Waals surface area contributed by atoms with Gasteiger partial charge < -0.3 is 14.4 Å². The first-order chi connectivity index (χ1) is 10.3. The monoisotopic (exact) mass is 284 g/mol. The van der Waals surface area contributed by atoms with Crippen molar-refractivity contribution in [2.75, 3.05) is 11.4 Å². The molecule has 108 valence electrons. The van der Waals surface area contributed by atoms with Crippen LogP contribution in [-0.4, -0.2) is 27.7 Å². The van der Waals surface area contributed by atoms with Gasteiger partial charge in [0, 0.05) is 19.0 Å². The Morgan fingerprint density at radius 1 is 1.48 bits per heavy atom. The molecule has 6 nitrogen and oxygen atoms in total. The standard InChI is InChI=1S/C15H16N4O2/c16-8-11-9-18-15(10-17-11)19-5-1-3-12(19)7-13(20)14-4-2-6-21-14/h2,4,6,9-10,12-13,20H,1,3,5,7H2. The highest BCUT2D eigenvalue weighted by Gasteiger charge is 2.29. The highest BCUT2D eigenvalue weighted by Crippen LogP contribution is 2.30. The third-order valence-corrected chi connectivity index (χ3v) is 3.79. The molecular formula is C15H16N4O2. The molecule has 2 aromatic rings. The Morgan fingerprint density at radius 2 is 2.38 bits per heavy atom. The first-order valence-electron chi connectivity index (χ1n) is 6.98. The Kier molecular flexibility index (Phi) is 3.84. The number of rotatable bonds is 4. The predicted molar refractivity (Wildman–Crippen MR) is 75.4 cm³/mol. The molecule has 3 heterocycles. The van der Waals surface area contributed by atoms with E-state index in [1.165, 1.54) is 6.20 Å². The third kappa shape index (κ3) is 2.88. The van der Waals surface area contributed by atoms with Crippen molar-refractivity contribution in [1.82, 2.24) is 9.97 Å². The van der Waals surface area contributed by atoms with E-state index >= 15 is 0 Å². The molecule has 0 radical (unpaired) electrons. The molecule has 0 amide bonds. The Morgan fingerprint density at radius 3 is 3.05 bits per heavy atom. The van der Waals surface area contributed by atoms with Crippen LogP contribution in [0.25, 0.3) is 0 Å². The van der Waals surface area contributed by atoms with Gasteiger partial charge in [0.1, 0.15) is 23.8 Å². The van der Waals surface area contributed by atoms with Gasteiger partial charge in [0.25, 0.3) is 0 Å². The number of aromatic nitrogens is 2. The van der Waals surface area contributed by atoms with E-state index in [0.29, 0.717) is 17.9 Å². The number of hydrogen-bond donors (Lipinski definition) is 1. The first kappa shape index (κ1) is 13.6. The van der Waals surface area contributed by atoms with Crippen LogP contribution in [0.15, 0.2) is 35.2 Å². The van der Waals surface area contributed by atoms with Crippen LogP contribution >= 0.6 is 0 Å². The molecule has 2 atom stereocenters. The van der Waals surface area contributed by atoms with Gasteiger partial charge in [-0.25, -0.2) is 9.97 Å². The summed E-state index contributed by atoms with van der Waals surface area (Å²) in [6, 6.07) is 5.72. The van der Waals surface area contributed by atoms with Crippen LogP contribution in [0.5, 0.6) is 0 Å². The molecule has 2 aromatic heterocycles. The van der Waals surface area contributed by atoms with E-state index in [1.54, 1.807) is 24.6 Å². The predicted octanol–water partition coefficient (Wildman–Crippen LogP) is 2.03. The lowest BCUT2D eigenvalue weighted by molar-refractivity contribution is 0.132. The van der Waals surface area contributed by atoms with Gasteiger partial charge in [-0.05, 0) is 25.0 Å². The van der Waals surface area contributed by atoms with E-state index in [-0.39, 0.29) is 6.04 Å². The molecule has 1 aliphatic rings. The molecule has 6 heteroatoms. The average Bonchev–Trinajstić information content (AvgIpc) is 3.19. The second-order valence-electron chi connectivity index (χ2n) is 5.13. The van der Waals surface area contributed by atoms with Gasteiger partial charge in [-0.3, -0.25) is 0 Å². The van der Waals surface area contributed by atoms with Crippen LogP contribution in [0, 0.1) is 11.3 Å². The smallest absolute Gasteiger partial charge is 0.158 e.